The van der Waals surface area contributed by atoms with Gasteiger partial charge in [-0.1, -0.05) is 51.0 Å². The van der Waals surface area contributed by atoms with E-state index in [1.54, 1.807) is 0 Å². The highest BCUT2D eigenvalue weighted by molar-refractivity contribution is 5.30. The van der Waals surface area contributed by atoms with Crippen LogP contribution in [0.3, 0.4) is 0 Å². The molecule has 1 heteroatoms. The summed E-state index contributed by atoms with van der Waals surface area (Å²) in [6.45, 7) is 4.59. The van der Waals surface area contributed by atoms with Gasteiger partial charge in [0.15, 0.2) is 0 Å². The lowest BCUT2D eigenvalue weighted by atomic mass is 9.71. The van der Waals surface area contributed by atoms with E-state index in [4.69, 9.17) is 0 Å². The average Bonchev–Trinajstić information content (AvgIpc) is 2.36. The van der Waals surface area contributed by atoms with Crippen LogP contribution in [0.2, 0.25) is 0 Å². The van der Waals surface area contributed by atoms with Gasteiger partial charge < -0.3 is 5.11 Å². The third-order valence-electron chi connectivity index (χ3n) is 5.66. The predicted molar refractivity (Wildman–Crippen MR) is 88.3 cm³/mol. The molecule has 0 amide bonds. The van der Waals surface area contributed by atoms with Crippen molar-refractivity contribution >= 4 is 0 Å². The van der Waals surface area contributed by atoms with E-state index >= 15 is 0 Å². The second-order valence-corrected chi connectivity index (χ2v) is 7.87. The number of hydrogen-bond donors (Lipinski definition) is 1. The lowest BCUT2D eigenvalue weighted by molar-refractivity contribution is -0.0244. The Hall–Kier alpha value is -0.820. The molecule has 1 aromatic rings. The summed E-state index contributed by atoms with van der Waals surface area (Å²) in [4.78, 5) is 0. The molecule has 3 rings (SSSR count). The number of benzene rings is 1. The van der Waals surface area contributed by atoms with E-state index in [1.165, 1.54) is 37.7 Å². The van der Waals surface area contributed by atoms with Gasteiger partial charge in [0.05, 0.1) is 5.60 Å². The molecule has 116 valence electrons. The first-order valence-corrected chi connectivity index (χ1v) is 8.89. The lowest BCUT2D eigenvalue weighted by Crippen LogP contribution is -2.33. The zero-order valence-corrected chi connectivity index (χ0v) is 13.6. The van der Waals surface area contributed by atoms with Gasteiger partial charge in [-0.15, -0.1) is 0 Å². The van der Waals surface area contributed by atoms with Crippen LogP contribution in [0, 0.1) is 11.8 Å². The second-order valence-electron chi connectivity index (χ2n) is 7.87. The van der Waals surface area contributed by atoms with Crippen LogP contribution in [-0.4, -0.2) is 5.11 Å². The van der Waals surface area contributed by atoms with Gasteiger partial charge in [0.1, 0.15) is 0 Å². The van der Waals surface area contributed by atoms with Crippen molar-refractivity contribution in [1.29, 1.82) is 0 Å². The van der Waals surface area contributed by atoms with Crippen molar-refractivity contribution in [2.75, 3.05) is 0 Å². The second kappa shape index (κ2) is 6.12. The van der Waals surface area contributed by atoms with Crippen LogP contribution in [-0.2, 0) is 5.60 Å². The van der Waals surface area contributed by atoms with E-state index < -0.39 is 5.60 Å². The molecule has 0 bridgehead atoms. The van der Waals surface area contributed by atoms with Crippen molar-refractivity contribution < 1.29 is 5.11 Å². The lowest BCUT2D eigenvalue weighted by Gasteiger charge is -2.38. The highest BCUT2D eigenvalue weighted by atomic mass is 16.3. The zero-order valence-electron chi connectivity index (χ0n) is 13.6. The van der Waals surface area contributed by atoms with Gasteiger partial charge in [-0.2, -0.15) is 0 Å². The predicted octanol–water partition coefficient (Wildman–Crippen LogP) is 5.38. The SMILES string of the molecule is CC(C)CC1CCCC(O)(c2ccc(C3CCC3)cc2)C1. The molecule has 2 aliphatic rings. The maximum absolute atomic E-state index is 11.1. The standard InChI is InChI=1S/C20H30O/c1-15(2)13-16-5-4-12-20(21,14-16)19-10-8-18(9-11-19)17-6-3-7-17/h8-11,15-17,21H,3-7,12-14H2,1-2H3. The Labute approximate surface area is 129 Å². The molecular weight excluding hydrogens is 256 g/mol. The van der Waals surface area contributed by atoms with Gasteiger partial charge >= 0.3 is 0 Å². The summed E-state index contributed by atoms with van der Waals surface area (Å²) in [5.41, 5.74) is 2.05. The first-order valence-electron chi connectivity index (χ1n) is 8.89. The molecule has 0 spiro atoms. The van der Waals surface area contributed by atoms with Crippen molar-refractivity contribution in [2.24, 2.45) is 11.8 Å². The highest BCUT2D eigenvalue weighted by Crippen LogP contribution is 2.43. The molecule has 2 atom stereocenters. The van der Waals surface area contributed by atoms with E-state index in [0.717, 1.165) is 36.7 Å². The largest absolute Gasteiger partial charge is 0.385 e. The van der Waals surface area contributed by atoms with Gasteiger partial charge in [-0.05, 0) is 67.4 Å². The first kappa shape index (κ1) is 15.1. The molecular formula is C20H30O. The van der Waals surface area contributed by atoms with Crippen molar-refractivity contribution in [3.8, 4) is 0 Å². The smallest absolute Gasteiger partial charge is 0.0899 e. The van der Waals surface area contributed by atoms with E-state index in [-0.39, 0.29) is 0 Å². The Morgan fingerprint density at radius 3 is 2.38 bits per heavy atom. The molecule has 0 aromatic heterocycles. The van der Waals surface area contributed by atoms with Crippen molar-refractivity contribution in [3.05, 3.63) is 35.4 Å². The van der Waals surface area contributed by atoms with Crippen LogP contribution >= 0.6 is 0 Å². The molecule has 21 heavy (non-hydrogen) atoms. The monoisotopic (exact) mass is 286 g/mol. The topological polar surface area (TPSA) is 20.2 Å². The summed E-state index contributed by atoms with van der Waals surface area (Å²) in [6.07, 6.45) is 9.67. The average molecular weight is 286 g/mol. The van der Waals surface area contributed by atoms with E-state index in [9.17, 15) is 5.11 Å². The van der Waals surface area contributed by atoms with E-state index in [1.807, 2.05) is 0 Å². The Kier molecular flexibility index (Phi) is 4.40. The molecule has 2 aliphatic carbocycles. The summed E-state index contributed by atoms with van der Waals surface area (Å²) in [6, 6.07) is 8.93. The number of hydrogen-bond acceptors (Lipinski definition) is 1. The van der Waals surface area contributed by atoms with Crippen LogP contribution in [0.25, 0.3) is 0 Å². The third kappa shape index (κ3) is 3.34. The summed E-state index contributed by atoms with van der Waals surface area (Å²) in [5, 5.41) is 11.1. The molecule has 0 radical (unpaired) electrons. The summed E-state index contributed by atoms with van der Waals surface area (Å²) in [5.74, 6) is 2.21. The molecule has 2 unspecified atom stereocenters. The Morgan fingerprint density at radius 1 is 1.10 bits per heavy atom. The van der Waals surface area contributed by atoms with Crippen LogP contribution in [0.1, 0.15) is 82.3 Å². The van der Waals surface area contributed by atoms with Gasteiger partial charge in [0.25, 0.3) is 0 Å². The molecule has 1 nitrogen and oxygen atoms in total. The fraction of sp³-hybridized carbons (Fsp3) is 0.700. The molecule has 0 saturated heterocycles. The van der Waals surface area contributed by atoms with Crippen molar-refractivity contribution in [1.82, 2.24) is 0 Å². The summed E-state index contributed by atoms with van der Waals surface area (Å²) >= 11 is 0. The summed E-state index contributed by atoms with van der Waals surface area (Å²) in [7, 11) is 0. The van der Waals surface area contributed by atoms with Crippen LogP contribution in [0.4, 0.5) is 0 Å². The van der Waals surface area contributed by atoms with Gasteiger partial charge in [0, 0.05) is 0 Å². The van der Waals surface area contributed by atoms with Crippen LogP contribution < -0.4 is 0 Å². The number of rotatable bonds is 4. The van der Waals surface area contributed by atoms with E-state index in [0.29, 0.717) is 5.92 Å². The molecule has 2 saturated carbocycles. The minimum atomic E-state index is -0.573. The van der Waals surface area contributed by atoms with Crippen molar-refractivity contribution in [3.63, 3.8) is 0 Å². The Bertz CT molecular complexity index is 457. The number of aliphatic hydroxyl groups is 1. The quantitative estimate of drug-likeness (QED) is 0.788. The molecule has 2 fully saturated rings. The van der Waals surface area contributed by atoms with Gasteiger partial charge in [-0.3, -0.25) is 0 Å². The Balaban J connectivity index is 1.71. The minimum absolute atomic E-state index is 0.573. The maximum Gasteiger partial charge on any atom is 0.0899 e. The van der Waals surface area contributed by atoms with Gasteiger partial charge in [0.2, 0.25) is 0 Å². The van der Waals surface area contributed by atoms with Gasteiger partial charge in [-0.25, -0.2) is 0 Å². The first-order chi connectivity index (χ1) is 10.1. The Morgan fingerprint density at radius 2 is 1.81 bits per heavy atom. The van der Waals surface area contributed by atoms with E-state index in [2.05, 4.69) is 38.1 Å². The summed E-state index contributed by atoms with van der Waals surface area (Å²) < 4.78 is 0. The fourth-order valence-corrected chi connectivity index (χ4v) is 4.30. The van der Waals surface area contributed by atoms with Crippen LogP contribution in [0.15, 0.2) is 24.3 Å². The molecule has 1 N–H and O–H groups in total. The van der Waals surface area contributed by atoms with Crippen molar-refractivity contribution in [2.45, 2.75) is 76.7 Å². The normalized spacial score (nSPS) is 30.4. The molecule has 1 aromatic carbocycles. The molecule has 0 heterocycles. The van der Waals surface area contributed by atoms with Crippen LogP contribution in [0.5, 0.6) is 0 Å². The highest BCUT2D eigenvalue weighted by Gasteiger charge is 2.36. The molecule has 0 aliphatic heterocycles. The third-order valence-corrected chi connectivity index (χ3v) is 5.66. The minimum Gasteiger partial charge on any atom is -0.385 e. The maximum atomic E-state index is 11.1. The fourth-order valence-electron chi connectivity index (χ4n) is 4.30. The zero-order chi connectivity index (χ0) is 14.9.